The number of nitrogens with zero attached hydrogens (tertiary/aromatic N) is 6. The first-order valence-electron chi connectivity index (χ1n) is 10.3. The summed E-state index contributed by atoms with van der Waals surface area (Å²) in [6.45, 7) is 5.56. The second-order valence-electron chi connectivity index (χ2n) is 8.10. The fourth-order valence-electron chi connectivity index (χ4n) is 3.94. The zero-order valence-corrected chi connectivity index (χ0v) is 18.8. The number of amides is 1. The van der Waals surface area contributed by atoms with Gasteiger partial charge < -0.3 is 9.80 Å². The molecule has 0 bridgehead atoms. The normalized spacial score (nSPS) is 17.1. The number of likely N-dealkylation sites (tertiary alicyclic amines) is 1. The molecular formula is C22H28N6OS. The molecule has 8 heteroatoms. The molecule has 1 aliphatic heterocycles. The molecule has 3 heterocycles. The van der Waals surface area contributed by atoms with Gasteiger partial charge in [-0.25, -0.2) is 9.50 Å². The van der Waals surface area contributed by atoms with Gasteiger partial charge in [0.2, 0.25) is 5.16 Å². The SMILES string of the molecule is Cc1cc(C)n2nc(SCc3ccccc3C(=O)N3CCCC(N(C)C)C3)nc2n1. The summed E-state index contributed by atoms with van der Waals surface area (Å²) in [4.78, 5) is 26.5. The highest BCUT2D eigenvalue weighted by Gasteiger charge is 2.26. The molecule has 0 saturated carbocycles. The summed E-state index contributed by atoms with van der Waals surface area (Å²) in [5.74, 6) is 1.37. The van der Waals surface area contributed by atoms with Crippen LogP contribution in [0.4, 0.5) is 0 Å². The molecule has 0 radical (unpaired) electrons. The van der Waals surface area contributed by atoms with Crippen molar-refractivity contribution in [3.63, 3.8) is 0 Å². The molecule has 7 nitrogen and oxygen atoms in total. The summed E-state index contributed by atoms with van der Waals surface area (Å²) >= 11 is 1.54. The summed E-state index contributed by atoms with van der Waals surface area (Å²) in [6.07, 6.45) is 2.18. The van der Waals surface area contributed by atoms with E-state index in [1.807, 2.05) is 49.1 Å². The number of piperidine rings is 1. The largest absolute Gasteiger partial charge is 0.337 e. The fraction of sp³-hybridized carbons (Fsp3) is 0.455. The molecular weight excluding hydrogens is 396 g/mol. The van der Waals surface area contributed by atoms with E-state index in [9.17, 15) is 4.79 Å². The molecule has 3 aromatic rings. The van der Waals surface area contributed by atoms with Crippen molar-refractivity contribution in [2.24, 2.45) is 0 Å². The van der Waals surface area contributed by atoms with E-state index in [0.29, 0.717) is 22.7 Å². The Labute approximate surface area is 181 Å². The van der Waals surface area contributed by atoms with Crippen molar-refractivity contribution in [2.45, 2.75) is 43.6 Å². The van der Waals surface area contributed by atoms with Crippen molar-refractivity contribution in [3.05, 3.63) is 52.8 Å². The second kappa shape index (κ2) is 8.73. The van der Waals surface area contributed by atoms with Crippen LogP contribution in [0.3, 0.4) is 0 Å². The van der Waals surface area contributed by atoms with Crippen molar-refractivity contribution in [1.29, 1.82) is 0 Å². The smallest absolute Gasteiger partial charge is 0.254 e. The number of aryl methyl sites for hydroxylation is 2. The third-order valence-corrected chi connectivity index (χ3v) is 6.50. The lowest BCUT2D eigenvalue weighted by Gasteiger charge is -2.36. The van der Waals surface area contributed by atoms with Crippen LogP contribution >= 0.6 is 11.8 Å². The number of benzene rings is 1. The molecule has 1 aliphatic rings. The third kappa shape index (κ3) is 4.34. The number of fused-ring (bicyclic) bond motifs is 1. The standard InChI is InChI=1S/C22H28N6OS/c1-15-12-16(2)28-21(23-15)24-22(25-28)30-14-17-8-5-6-10-19(17)20(29)27-11-7-9-18(13-27)26(3)4/h5-6,8,10,12,18H,7,9,11,13-14H2,1-4H3. The van der Waals surface area contributed by atoms with E-state index in [-0.39, 0.29) is 5.91 Å². The first-order chi connectivity index (χ1) is 14.4. The van der Waals surface area contributed by atoms with Crippen LogP contribution in [0.25, 0.3) is 5.78 Å². The predicted octanol–water partition coefficient (Wildman–Crippen LogP) is 3.20. The molecule has 1 fully saturated rings. The lowest BCUT2D eigenvalue weighted by Crippen LogP contribution is -2.47. The molecule has 1 saturated heterocycles. The second-order valence-corrected chi connectivity index (χ2v) is 9.04. The van der Waals surface area contributed by atoms with Crippen molar-refractivity contribution in [3.8, 4) is 0 Å². The van der Waals surface area contributed by atoms with E-state index in [4.69, 9.17) is 0 Å². The maximum absolute atomic E-state index is 13.3. The number of hydrogen-bond acceptors (Lipinski definition) is 6. The molecule has 0 spiro atoms. The Bertz CT molecular complexity index is 1060. The van der Waals surface area contributed by atoms with Crippen LogP contribution in [0.1, 0.15) is 40.2 Å². The minimum Gasteiger partial charge on any atom is -0.337 e. The Balaban J connectivity index is 1.51. The Morgan fingerprint density at radius 2 is 2.03 bits per heavy atom. The quantitative estimate of drug-likeness (QED) is 0.586. The Morgan fingerprint density at radius 3 is 2.83 bits per heavy atom. The molecule has 2 aromatic heterocycles. The van der Waals surface area contributed by atoms with E-state index in [2.05, 4.69) is 34.1 Å². The van der Waals surface area contributed by atoms with Crippen LogP contribution in [0, 0.1) is 13.8 Å². The van der Waals surface area contributed by atoms with Crippen molar-refractivity contribution < 1.29 is 4.79 Å². The van der Waals surface area contributed by atoms with Crippen LogP contribution < -0.4 is 0 Å². The van der Waals surface area contributed by atoms with Crippen LogP contribution in [0.15, 0.2) is 35.5 Å². The first-order valence-corrected chi connectivity index (χ1v) is 11.3. The maximum atomic E-state index is 13.3. The van der Waals surface area contributed by atoms with Gasteiger partial charge in [0.15, 0.2) is 0 Å². The summed E-state index contributed by atoms with van der Waals surface area (Å²) in [7, 11) is 4.17. The van der Waals surface area contributed by atoms with Gasteiger partial charge in [0.1, 0.15) is 0 Å². The highest BCUT2D eigenvalue weighted by Crippen LogP contribution is 2.25. The van der Waals surface area contributed by atoms with E-state index in [1.165, 1.54) is 11.8 Å². The van der Waals surface area contributed by atoms with E-state index >= 15 is 0 Å². The van der Waals surface area contributed by atoms with Gasteiger partial charge >= 0.3 is 0 Å². The number of aromatic nitrogens is 4. The molecule has 0 N–H and O–H groups in total. The number of thioether (sulfide) groups is 1. The first kappa shape index (κ1) is 20.8. The molecule has 1 atom stereocenters. The van der Waals surface area contributed by atoms with Gasteiger partial charge in [0.05, 0.1) is 0 Å². The zero-order chi connectivity index (χ0) is 21.3. The highest BCUT2D eigenvalue weighted by molar-refractivity contribution is 7.98. The van der Waals surface area contributed by atoms with Gasteiger partial charge in [-0.05, 0) is 58.5 Å². The minimum atomic E-state index is 0.119. The lowest BCUT2D eigenvalue weighted by molar-refractivity contribution is 0.0634. The average Bonchev–Trinajstić information content (AvgIpc) is 3.15. The molecule has 4 rings (SSSR count). The van der Waals surface area contributed by atoms with Gasteiger partial charge in [0.25, 0.3) is 11.7 Å². The molecule has 0 aliphatic carbocycles. The van der Waals surface area contributed by atoms with Crippen LogP contribution in [-0.4, -0.2) is 68.5 Å². The molecule has 158 valence electrons. The van der Waals surface area contributed by atoms with E-state index in [1.54, 1.807) is 4.52 Å². The predicted molar refractivity (Wildman–Crippen MR) is 119 cm³/mol. The van der Waals surface area contributed by atoms with Gasteiger partial charge in [-0.3, -0.25) is 4.79 Å². The monoisotopic (exact) mass is 424 g/mol. The Hall–Kier alpha value is -2.45. The topological polar surface area (TPSA) is 66.6 Å². The third-order valence-electron chi connectivity index (χ3n) is 5.62. The van der Waals surface area contributed by atoms with Gasteiger partial charge in [-0.2, -0.15) is 4.98 Å². The van der Waals surface area contributed by atoms with Crippen molar-refractivity contribution in [1.82, 2.24) is 29.4 Å². The van der Waals surface area contributed by atoms with Gasteiger partial charge in [-0.1, -0.05) is 30.0 Å². The number of likely N-dealkylation sites (N-methyl/N-ethyl adjacent to an activating group) is 1. The number of carbonyl (C=O) groups excluding carboxylic acids is 1. The maximum Gasteiger partial charge on any atom is 0.254 e. The summed E-state index contributed by atoms with van der Waals surface area (Å²) in [5.41, 5.74) is 3.72. The molecule has 1 aromatic carbocycles. The summed E-state index contributed by atoms with van der Waals surface area (Å²) in [5, 5.41) is 5.24. The van der Waals surface area contributed by atoms with Gasteiger partial charge in [0, 0.05) is 41.8 Å². The highest BCUT2D eigenvalue weighted by atomic mass is 32.2. The minimum absolute atomic E-state index is 0.119. The summed E-state index contributed by atoms with van der Waals surface area (Å²) < 4.78 is 1.77. The number of rotatable bonds is 5. The Kier molecular flexibility index (Phi) is 6.06. The fourth-order valence-corrected chi connectivity index (χ4v) is 4.76. The Morgan fingerprint density at radius 1 is 1.23 bits per heavy atom. The van der Waals surface area contributed by atoms with Crippen molar-refractivity contribution in [2.75, 3.05) is 27.2 Å². The van der Waals surface area contributed by atoms with Crippen molar-refractivity contribution >= 4 is 23.4 Å². The van der Waals surface area contributed by atoms with Crippen LogP contribution in [0.5, 0.6) is 0 Å². The van der Waals surface area contributed by atoms with Crippen LogP contribution in [0.2, 0.25) is 0 Å². The lowest BCUT2D eigenvalue weighted by atomic mass is 10.0. The molecule has 30 heavy (non-hydrogen) atoms. The van der Waals surface area contributed by atoms with Crippen LogP contribution in [-0.2, 0) is 5.75 Å². The summed E-state index contributed by atoms with van der Waals surface area (Å²) in [6, 6.07) is 10.3. The van der Waals surface area contributed by atoms with E-state index in [0.717, 1.165) is 48.4 Å². The van der Waals surface area contributed by atoms with E-state index < -0.39 is 0 Å². The number of hydrogen-bond donors (Lipinski definition) is 0. The number of carbonyl (C=O) groups is 1. The average molecular weight is 425 g/mol. The molecule has 1 unspecified atom stereocenters. The molecule has 1 amide bonds. The zero-order valence-electron chi connectivity index (χ0n) is 18.0. The van der Waals surface area contributed by atoms with Gasteiger partial charge in [-0.15, -0.1) is 5.10 Å².